The van der Waals surface area contributed by atoms with Gasteiger partial charge in [0.2, 0.25) is 10.0 Å². The number of para-hydroxylation sites is 1. The third-order valence-electron chi connectivity index (χ3n) is 4.00. The number of hydrogen-bond acceptors (Lipinski definition) is 4. The molecular weight excluding hydrogens is 383 g/mol. The van der Waals surface area contributed by atoms with Crippen molar-refractivity contribution in [1.29, 1.82) is 0 Å². The summed E-state index contributed by atoms with van der Waals surface area (Å²) >= 11 is 0. The molecule has 0 amide bonds. The molecule has 0 aliphatic rings. The second-order valence-corrected chi connectivity index (χ2v) is 7.98. The Kier molecular flexibility index (Phi) is 7.36. The van der Waals surface area contributed by atoms with Crippen LogP contribution in [0.5, 0.6) is 0 Å². The quantitative estimate of drug-likeness (QED) is 0.300. The zero-order valence-electron chi connectivity index (χ0n) is 16.1. The van der Waals surface area contributed by atoms with Crippen LogP contribution in [0.1, 0.15) is 21.5 Å². The van der Waals surface area contributed by atoms with E-state index in [1.807, 2.05) is 30.3 Å². The van der Waals surface area contributed by atoms with Gasteiger partial charge in [-0.15, -0.1) is 0 Å². The van der Waals surface area contributed by atoms with E-state index in [0.717, 1.165) is 16.1 Å². The summed E-state index contributed by atoms with van der Waals surface area (Å²) in [6.45, 7) is 0.0890. The van der Waals surface area contributed by atoms with Crippen molar-refractivity contribution in [2.45, 2.75) is 6.54 Å². The second kappa shape index (κ2) is 9.53. The van der Waals surface area contributed by atoms with E-state index in [-0.39, 0.29) is 31.0 Å². The Bertz CT molecular complexity index is 1150. The van der Waals surface area contributed by atoms with Gasteiger partial charge in [-0.2, -0.15) is 0 Å². The Morgan fingerprint density at radius 1 is 1.03 bits per heavy atom. The number of carbonyl (C=O) groups excluding carboxylic acids is 1. The zero-order chi connectivity index (χ0) is 20.1. The molecule has 142 valence electrons. The molecule has 0 unspecified atom stereocenters. The van der Waals surface area contributed by atoms with Gasteiger partial charge in [-0.1, -0.05) is 42.5 Å². The standard InChI is InChI=1S/C21H18N2O4S.Li/c1-28(26,27)23(16-17-8-3-2-4-9-17)15-12-18-10-7-11-19(21(24)25)20(18)22-13-5-6-14-22;/h2-11,13-14H,16H2,1H3,(H,24,25);/q;+1/p-1. The first-order chi connectivity index (χ1) is 13.4. The van der Waals surface area contributed by atoms with Crippen LogP contribution in [0.25, 0.3) is 5.69 Å². The number of carboxylic acids is 1. The number of aromatic carboxylic acids is 1. The molecule has 29 heavy (non-hydrogen) atoms. The molecule has 0 atom stereocenters. The van der Waals surface area contributed by atoms with E-state index in [2.05, 4.69) is 12.0 Å². The maximum atomic E-state index is 12.2. The number of hydrogen-bond donors (Lipinski definition) is 0. The van der Waals surface area contributed by atoms with Crippen LogP contribution in [-0.2, 0) is 16.6 Å². The predicted molar refractivity (Wildman–Crippen MR) is 104 cm³/mol. The van der Waals surface area contributed by atoms with Gasteiger partial charge in [-0.05, 0) is 29.7 Å². The number of aromatic nitrogens is 1. The van der Waals surface area contributed by atoms with E-state index in [1.165, 1.54) is 6.07 Å². The molecular formula is C21H17LiN2O4S. The fourth-order valence-corrected chi connectivity index (χ4v) is 3.28. The van der Waals surface area contributed by atoms with Gasteiger partial charge >= 0.3 is 18.9 Å². The number of carboxylic acid groups (broad SMARTS) is 1. The van der Waals surface area contributed by atoms with Gasteiger partial charge in [0.1, 0.15) is 0 Å². The van der Waals surface area contributed by atoms with Gasteiger partial charge in [0.25, 0.3) is 0 Å². The van der Waals surface area contributed by atoms with E-state index in [1.54, 1.807) is 41.2 Å². The van der Waals surface area contributed by atoms with Crippen molar-refractivity contribution in [1.82, 2.24) is 8.87 Å². The van der Waals surface area contributed by atoms with Crippen molar-refractivity contribution < 1.29 is 37.2 Å². The molecule has 0 N–H and O–H groups in total. The summed E-state index contributed by atoms with van der Waals surface area (Å²) in [7, 11) is -3.60. The van der Waals surface area contributed by atoms with Gasteiger partial charge in [0.05, 0.1) is 30.0 Å². The molecule has 3 aromatic rings. The molecule has 0 aliphatic carbocycles. The first kappa shape index (κ1) is 22.4. The van der Waals surface area contributed by atoms with Crippen molar-refractivity contribution in [2.75, 3.05) is 6.26 Å². The predicted octanol–water partition coefficient (Wildman–Crippen LogP) is -1.38. The van der Waals surface area contributed by atoms with Crippen LogP contribution in [0.3, 0.4) is 0 Å². The molecule has 2 aromatic carbocycles. The maximum absolute atomic E-state index is 12.2. The molecule has 8 heteroatoms. The Hall–Kier alpha value is -2.90. The third kappa shape index (κ3) is 5.55. The zero-order valence-corrected chi connectivity index (χ0v) is 16.9. The van der Waals surface area contributed by atoms with E-state index in [9.17, 15) is 18.3 Å². The Morgan fingerprint density at radius 2 is 1.69 bits per heavy atom. The topological polar surface area (TPSA) is 82.4 Å². The molecule has 0 spiro atoms. The molecule has 1 heterocycles. The first-order valence-electron chi connectivity index (χ1n) is 8.37. The van der Waals surface area contributed by atoms with Gasteiger partial charge in [0.15, 0.2) is 0 Å². The summed E-state index contributed by atoms with van der Waals surface area (Å²) in [6, 6.07) is 19.9. The Labute approximate surface area is 182 Å². The van der Waals surface area contributed by atoms with Gasteiger partial charge in [0, 0.05) is 24.0 Å². The SMILES string of the molecule is CS(=O)(=O)N(C#Cc1cccc(C(=O)[O-])c1-n1cccc1)Cc1ccccc1.[Li+]. The van der Waals surface area contributed by atoms with Gasteiger partial charge in [-0.3, -0.25) is 0 Å². The van der Waals surface area contributed by atoms with Gasteiger partial charge in [-0.25, -0.2) is 12.7 Å². The fraction of sp³-hybridized carbons (Fsp3) is 0.0952. The number of rotatable bonds is 5. The van der Waals surface area contributed by atoms with Crippen LogP contribution in [0.4, 0.5) is 0 Å². The average molecular weight is 400 g/mol. The van der Waals surface area contributed by atoms with Crippen LogP contribution in [0.2, 0.25) is 0 Å². The van der Waals surface area contributed by atoms with Crippen LogP contribution >= 0.6 is 0 Å². The average Bonchev–Trinajstić information content (AvgIpc) is 3.19. The minimum Gasteiger partial charge on any atom is -0.545 e. The summed E-state index contributed by atoms with van der Waals surface area (Å²) in [4.78, 5) is 11.5. The van der Waals surface area contributed by atoms with E-state index in [4.69, 9.17) is 0 Å². The minimum atomic E-state index is -3.60. The molecule has 1 aromatic heterocycles. The summed E-state index contributed by atoms with van der Waals surface area (Å²) < 4.78 is 27.0. The normalized spacial score (nSPS) is 10.4. The summed E-state index contributed by atoms with van der Waals surface area (Å²) in [5.41, 5.74) is 1.46. The molecule has 0 saturated heterocycles. The maximum Gasteiger partial charge on any atom is 1.00 e. The second-order valence-electron chi connectivity index (χ2n) is 6.07. The molecule has 0 radical (unpaired) electrons. The Balaban J connectivity index is 0.00000300. The number of benzene rings is 2. The van der Waals surface area contributed by atoms with Crippen molar-refractivity contribution in [3.05, 3.63) is 89.7 Å². The van der Waals surface area contributed by atoms with E-state index in [0.29, 0.717) is 11.3 Å². The van der Waals surface area contributed by atoms with Crippen LogP contribution < -0.4 is 24.0 Å². The molecule has 0 saturated carbocycles. The smallest absolute Gasteiger partial charge is 0.545 e. The summed E-state index contributed by atoms with van der Waals surface area (Å²) in [6.07, 6.45) is 4.45. The molecule has 0 fully saturated rings. The third-order valence-corrected chi connectivity index (χ3v) is 5.02. The van der Waals surface area contributed by atoms with Crippen molar-refractivity contribution in [3.63, 3.8) is 0 Å². The van der Waals surface area contributed by atoms with E-state index < -0.39 is 16.0 Å². The fourth-order valence-electron chi connectivity index (χ4n) is 2.68. The molecule has 0 aliphatic heterocycles. The summed E-state index contributed by atoms with van der Waals surface area (Å²) in [5.74, 6) is 1.47. The largest absolute Gasteiger partial charge is 1.00 e. The van der Waals surface area contributed by atoms with Crippen LogP contribution in [0, 0.1) is 12.0 Å². The number of sulfonamides is 1. The van der Waals surface area contributed by atoms with Gasteiger partial charge < -0.3 is 14.5 Å². The number of nitrogens with zero attached hydrogens (tertiary/aromatic N) is 2. The number of carbonyl (C=O) groups is 1. The molecule has 6 nitrogen and oxygen atoms in total. The minimum absolute atomic E-state index is 0. The Morgan fingerprint density at radius 3 is 2.28 bits per heavy atom. The first-order valence-corrected chi connectivity index (χ1v) is 10.2. The molecule has 0 bridgehead atoms. The van der Waals surface area contributed by atoms with Crippen LogP contribution in [-0.4, -0.2) is 29.5 Å². The van der Waals surface area contributed by atoms with Crippen molar-refractivity contribution in [3.8, 4) is 17.7 Å². The van der Waals surface area contributed by atoms with E-state index >= 15 is 0 Å². The summed E-state index contributed by atoms with van der Waals surface area (Å²) in [5, 5.41) is 11.5. The van der Waals surface area contributed by atoms with Crippen LogP contribution in [0.15, 0.2) is 73.1 Å². The van der Waals surface area contributed by atoms with Crippen molar-refractivity contribution in [2.24, 2.45) is 0 Å². The van der Waals surface area contributed by atoms with Crippen molar-refractivity contribution >= 4 is 16.0 Å². The monoisotopic (exact) mass is 400 g/mol. The molecule has 3 rings (SSSR count).